The van der Waals surface area contributed by atoms with Gasteiger partial charge in [-0.15, -0.1) is 0 Å². The Bertz CT molecular complexity index is 953. The Morgan fingerprint density at radius 1 is 1.22 bits per heavy atom. The van der Waals surface area contributed by atoms with Gasteiger partial charge in [-0.3, -0.25) is 4.98 Å². The number of fused-ring (bicyclic) bond motifs is 1. The molecule has 0 amide bonds. The van der Waals surface area contributed by atoms with Crippen molar-refractivity contribution in [3.63, 3.8) is 0 Å². The average Bonchev–Trinajstić information content (AvgIpc) is 2.92. The predicted molar refractivity (Wildman–Crippen MR) is 117 cm³/mol. The fourth-order valence-electron chi connectivity index (χ4n) is 3.80. The van der Waals surface area contributed by atoms with E-state index in [1.54, 1.807) is 7.11 Å². The number of pyridine rings is 1. The molecular formula is C23H29BrN2O. The Balaban J connectivity index is 2.40. The highest BCUT2D eigenvalue weighted by Crippen LogP contribution is 2.40. The van der Waals surface area contributed by atoms with E-state index in [0.29, 0.717) is 0 Å². The molecule has 0 radical (unpaired) electrons. The molecular weight excluding hydrogens is 400 g/mol. The lowest BCUT2D eigenvalue weighted by molar-refractivity contribution is 0.116. The van der Waals surface area contributed by atoms with Crippen LogP contribution in [0.5, 0.6) is 0 Å². The lowest BCUT2D eigenvalue weighted by Gasteiger charge is -2.21. The minimum absolute atomic E-state index is 0.0567. The first-order chi connectivity index (χ1) is 12.8. The fraction of sp³-hybridized carbons (Fsp3) is 0.435. The van der Waals surface area contributed by atoms with Gasteiger partial charge in [0.1, 0.15) is 0 Å². The zero-order valence-corrected chi connectivity index (χ0v) is 18.7. The lowest BCUT2D eigenvalue weighted by atomic mass is 9.85. The van der Waals surface area contributed by atoms with E-state index in [9.17, 15) is 0 Å². The normalized spacial score (nSPS) is 13.3. The van der Waals surface area contributed by atoms with Crippen LogP contribution in [0.3, 0.4) is 0 Å². The van der Waals surface area contributed by atoms with Crippen molar-refractivity contribution in [1.82, 2.24) is 9.55 Å². The summed E-state index contributed by atoms with van der Waals surface area (Å²) in [7, 11) is 1.74. The number of rotatable bonds is 5. The van der Waals surface area contributed by atoms with Crippen LogP contribution >= 0.6 is 15.9 Å². The van der Waals surface area contributed by atoms with Gasteiger partial charge in [0, 0.05) is 40.8 Å². The van der Waals surface area contributed by atoms with Gasteiger partial charge in [-0.05, 0) is 61.6 Å². The highest BCUT2D eigenvalue weighted by Gasteiger charge is 2.25. The van der Waals surface area contributed by atoms with E-state index in [0.717, 1.165) is 23.1 Å². The highest BCUT2D eigenvalue weighted by molar-refractivity contribution is 9.10. The van der Waals surface area contributed by atoms with E-state index in [2.05, 4.69) is 84.4 Å². The number of methoxy groups -OCH3 is 1. The Hall–Kier alpha value is -1.65. The smallest absolute Gasteiger partial charge is 0.0969 e. The molecule has 3 nitrogen and oxygen atoms in total. The molecule has 0 fully saturated rings. The molecule has 1 unspecified atom stereocenters. The number of hydrogen-bond acceptors (Lipinski definition) is 2. The van der Waals surface area contributed by atoms with Crippen molar-refractivity contribution in [3.8, 4) is 11.3 Å². The van der Waals surface area contributed by atoms with Gasteiger partial charge in [-0.1, -0.05) is 36.7 Å². The van der Waals surface area contributed by atoms with Gasteiger partial charge in [0.15, 0.2) is 0 Å². The molecule has 2 aromatic heterocycles. The minimum atomic E-state index is -0.0567. The van der Waals surface area contributed by atoms with Gasteiger partial charge in [0.25, 0.3) is 0 Å². The number of benzene rings is 1. The first-order valence-corrected chi connectivity index (χ1v) is 10.3. The van der Waals surface area contributed by atoms with Crippen LogP contribution in [0.25, 0.3) is 22.2 Å². The zero-order chi connectivity index (χ0) is 19.8. The van der Waals surface area contributed by atoms with E-state index in [4.69, 9.17) is 4.74 Å². The van der Waals surface area contributed by atoms with Crippen LogP contribution in [0.4, 0.5) is 0 Å². The standard InChI is InChI=1S/C23H29BrN2O/c1-7-26-20-11-10-16(24)13-18(20)19(14-23(3,4)5)22(26)17-9-8-12-25-21(17)15(2)27-6/h8-13,15H,7,14H2,1-6H3. The third kappa shape index (κ3) is 3.97. The van der Waals surface area contributed by atoms with Gasteiger partial charge >= 0.3 is 0 Å². The molecule has 0 saturated heterocycles. The number of ether oxygens (including phenoxy) is 1. The number of nitrogens with zero attached hydrogens (tertiary/aromatic N) is 2. The van der Waals surface area contributed by atoms with Crippen molar-refractivity contribution in [1.29, 1.82) is 0 Å². The van der Waals surface area contributed by atoms with Gasteiger partial charge in [0.05, 0.1) is 17.5 Å². The minimum Gasteiger partial charge on any atom is -0.375 e. The molecule has 1 atom stereocenters. The summed E-state index contributed by atoms with van der Waals surface area (Å²) < 4.78 is 9.16. The van der Waals surface area contributed by atoms with Gasteiger partial charge in [0.2, 0.25) is 0 Å². The molecule has 0 aliphatic carbocycles. The van der Waals surface area contributed by atoms with Crippen molar-refractivity contribution in [2.75, 3.05) is 7.11 Å². The maximum atomic E-state index is 5.63. The molecule has 0 aliphatic rings. The second-order valence-electron chi connectivity index (χ2n) is 8.28. The molecule has 0 aliphatic heterocycles. The van der Waals surface area contributed by atoms with E-state index in [1.165, 1.54) is 27.7 Å². The summed E-state index contributed by atoms with van der Waals surface area (Å²) in [5, 5.41) is 1.32. The topological polar surface area (TPSA) is 27.1 Å². The third-order valence-electron chi connectivity index (χ3n) is 4.99. The van der Waals surface area contributed by atoms with Crippen molar-refractivity contribution >= 4 is 26.8 Å². The quantitative estimate of drug-likeness (QED) is 0.447. The number of halogens is 1. The van der Waals surface area contributed by atoms with Crippen LogP contribution in [0.1, 0.15) is 52.0 Å². The summed E-state index contributed by atoms with van der Waals surface area (Å²) in [4.78, 5) is 4.68. The summed E-state index contributed by atoms with van der Waals surface area (Å²) in [6.45, 7) is 12.1. The van der Waals surface area contributed by atoms with E-state index < -0.39 is 0 Å². The zero-order valence-electron chi connectivity index (χ0n) is 17.1. The Morgan fingerprint density at radius 2 is 1.96 bits per heavy atom. The summed E-state index contributed by atoms with van der Waals surface area (Å²) in [5.41, 5.74) is 6.27. The van der Waals surface area contributed by atoms with E-state index in [1.807, 2.05) is 12.3 Å². The molecule has 3 rings (SSSR count). The van der Waals surface area contributed by atoms with Gasteiger partial charge in [-0.25, -0.2) is 0 Å². The van der Waals surface area contributed by atoms with Crippen molar-refractivity contribution in [3.05, 3.63) is 52.3 Å². The largest absolute Gasteiger partial charge is 0.375 e. The van der Waals surface area contributed by atoms with Crippen LogP contribution in [0.15, 0.2) is 41.0 Å². The number of aromatic nitrogens is 2. The Labute approximate surface area is 170 Å². The van der Waals surface area contributed by atoms with Crippen LogP contribution < -0.4 is 0 Å². The maximum Gasteiger partial charge on any atom is 0.0969 e. The Kier molecular flexibility index (Phi) is 5.78. The van der Waals surface area contributed by atoms with Gasteiger partial charge < -0.3 is 9.30 Å². The predicted octanol–water partition coefficient (Wildman–Crippen LogP) is 6.78. The van der Waals surface area contributed by atoms with Crippen LogP contribution in [0, 0.1) is 5.41 Å². The van der Waals surface area contributed by atoms with Crippen molar-refractivity contribution in [2.45, 2.75) is 53.7 Å². The molecule has 27 heavy (non-hydrogen) atoms. The summed E-state index contributed by atoms with van der Waals surface area (Å²) in [5.74, 6) is 0. The van der Waals surface area contributed by atoms with Crippen LogP contribution in [0.2, 0.25) is 0 Å². The van der Waals surface area contributed by atoms with Crippen molar-refractivity contribution < 1.29 is 4.74 Å². The molecule has 144 valence electrons. The van der Waals surface area contributed by atoms with Crippen LogP contribution in [-0.4, -0.2) is 16.7 Å². The first kappa shape index (κ1) is 20.1. The molecule has 1 aromatic carbocycles. The third-order valence-corrected chi connectivity index (χ3v) is 5.48. The Morgan fingerprint density at radius 3 is 2.59 bits per heavy atom. The summed E-state index contributed by atoms with van der Waals surface area (Å²) in [6.07, 6.45) is 2.80. The van der Waals surface area contributed by atoms with E-state index in [-0.39, 0.29) is 11.5 Å². The molecule has 3 aromatic rings. The second kappa shape index (κ2) is 7.76. The lowest BCUT2D eigenvalue weighted by Crippen LogP contribution is -2.11. The SMILES string of the molecule is CCn1c(-c2cccnc2C(C)OC)c(CC(C)(C)C)c2cc(Br)ccc21. The van der Waals surface area contributed by atoms with E-state index >= 15 is 0 Å². The monoisotopic (exact) mass is 428 g/mol. The number of aryl methyl sites for hydroxylation is 1. The first-order valence-electron chi connectivity index (χ1n) is 9.55. The fourth-order valence-corrected chi connectivity index (χ4v) is 4.16. The molecule has 4 heteroatoms. The summed E-state index contributed by atoms with van der Waals surface area (Å²) >= 11 is 3.67. The maximum absolute atomic E-state index is 5.63. The average molecular weight is 429 g/mol. The molecule has 0 N–H and O–H groups in total. The molecule has 0 spiro atoms. The van der Waals surface area contributed by atoms with Crippen molar-refractivity contribution in [2.24, 2.45) is 5.41 Å². The summed E-state index contributed by atoms with van der Waals surface area (Å²) in [6, 6.07) is 10.8. The highest BCUT2D eigenvalue weighted by atomic mass is 79.9. The molecule has 0 bridgehead atoms. The number of hydrogen-bond donors (Lipinski definition) is 0. The van der Waals surface area contributed by atoms with Gasteiger partial charge in [-0.2, -0.15) is 0 Å². The van der Waals surface area contributed by atoms with Crippen LogP contribution in [-0.2, 0) is 17.7 Å². The molecule has 0 saturated carbocycles. The second-order valence-corrected chi connectivity index (χ2v) is 9.20. The molecule has 2 heterocycles.